The molecule has 1 aliphatic carbocycles. The molecule has 1 aliphatic heterocycles. The van der Waals surface area contributed by atoms with Gasteiger partial charge in [-0.05, 0) is 57.3 Å². The van der Waals surface area contributed by atoms with E-state index in [4.69, 9.17) is 33.2 Å². The average molecular weight is 1050 g/mol. The third kappa shape index (κ3) is 15.6. The molecule has 1 heterocycles. The number of carbonyl (C=O) groups is 4. The number of benzene rings is 6. The number of carbonyl (C=O) groups excluding carboxylic acids is 4. The van der Waals surface area contributed by atoms with Crippen molar-refractivity contribution in [1.82, 2.24) is 15.5 Å². The lowest BCUT2D eigenvalue weighted by Crippen LogP contribution is -2.75. The molecule has 6 aromatic rings. The molecule has 2 N–H and O–H groups in total. The number of nitrogens with one attached hydrogen (secondary N) is 2. The van der Waals surface area contributed by atoms with Crippen LogP contribution >= 0.6 is 0 Å². The zero-order chi connectivity index (χ0) is 53.7. The van der Waals surface area contributed by atoms with Gasteiger partial charge in [0.1, 0.15) is 38.0 Å². The van der Waals surface area contributed by atoms with Crippen molar-refractivity contribution in [3.8, 4) is 11.1 Å². The summed E-state index contributed by atoms with van der Waals surface area (Å²) in [4.78, 5) is 53.7. The van der Waals surface area contributed by atoms with Crippen LogP contribution < -0.4 is 10.6 Å². The summed E-state index contributed by atoms with van der Waals surface area (Å²) in [6.45, 7) is 1.71. The summed E-state index contributed by atoms with van der Waals surface area (Å²) in [5.74, 6) is -1.76. The fraction of sp³-hybridized carbons (Fsp3) is 0.323. The van der Waals surface area contributed by atoms with Crippen LogP contribution in [0.4, 0.5) is 4.79 Å². The Balaban J connectivity index is 1.01. The van der Waals surface area contributed by atoms with Gasteiger partial charge < -0.3 is 48.5 Å². The molecule has 15 heteroatoms. The number of nitrogens with zero attached hydrogens (tertiary/aromatic N) is 1. The van der Waals surface area contributed by atoms with Crippen LogP contribution in [-0.2, 0) is 78.7 Å². The molecule has 1 saturated heterocycles. The molecule has 0 spiro atoms. The lowest BCUT2D eigenvalue weighted by atomic mass is 9.91. The number of hydrogen-bond acceptors (Lipinski definition) is 12. The Kier molecular flexibility index (Phi) is 20.7. The van der Waals surface area contributed by atoms with Crippen molar-refractivity contribution in [3.63, 3.8) is 0 Å². The highest BCUT2D eigenvalue weighted by Gasteiger charge is 2.60. The molecule has 402 valence electrons. The molecule has 77 heavy (non-hydrogen) atoms. The van der Waals surface area contributed by atoms with E-state index in [1.165, 1.54) is 18.9 Å². The van der Waals surface area contributed by atoms with Crippen molar-refractivity contribution in [2.45, 2.75) is 82.4 Å². The van der Waals surface area contributed by atoms with E-state index < -0.39 is 54.2 Å². The van der Waals surface area contributed by atoms with Gasteiger partial charge in [-0.15, -0.1) is 0 Å². The summed E-state index contributed by atoms with van der Waals surface area (Å²) in [6, 6.07) is 55.0. The molecule has 15 nitrogen and oxygen atoms in total. The van der Waals surface area contributed by atoms with E-state index in [0.29, 0.717) is 19.4 Å². The zero-order valence-electron chi connectivity index (χ0n) is 43.5. The number of hydrogen-bond donors (Lipinski definition) is 2. The number of rotatable bonds is 27. The number of unbranched alkanes of at least 4 members (excludes halogenated alkanes) is 1. The maximum Gasteiger partial charge on any atom is 0.410 e. The second-order valence-corrected chi connectivity index (χ2v) is 18.8. The van der Waals surface area contributed by atoms with Crippen molar-refractivity contribution in [3.05, 3.63) is 215 Å². The Bertz CT molecular complexity index is 2790. The van der Waals surface area contributed by atoms with Crippen molar-refractivity contribution in [2.75, 3.05) is 46.6 Å². The summed E-state index contributed by atoms with van der Waals surface area (Å²) >= 11 is 0. The van der Waals surface area contributed by atoms with E-state index in [0.717, 1.165) is 44.5 Å². The monoisotopic (exact) mass is 1050 g/mol. The van der Waals surface area contributed by atoms with E-state index in [-0.39, 0.29) is 65.2 Å². The van der Waals surface area contributed by atoms with Crippen LogP contribution in [0.2, 0.25) is 0 Å². The quantitative estimate of drug-likeness (QED) is 0.0218. The SMILES string of the molecule is COC(=O)CNC(=O)CN(CCC/C=C\CO[C@@H]1O[C@H](COCc2ccccc2)[C@@H](OCc2ccccc2)[C@H](OCc2ccccc2)[C@]1(NC(C)=O)OCc1ccccc1)C(=O)OCC1c2ccccc2-c2ccccc21. The molecule has 0 unspecified atom stereocenters. The molecular formula is C62H67N3O12. The highest BCUT2D eigenvalue weighted by molar-refractivity contribution is 5.85. The minimum Gasteiger partial charge on any atom is -0.468 e. The van der Waals surface area contributed by atoms with Gasteiger partial charge in [0.25, 0.3) is 0 Å². The fourth-order valence-corrected chi connectivity index (χ4v) is 9.50. The number of amides is 3. The van der Waals surface area contributed by atoms with Gasteiger partial charge in [0.2, 0.25) is 23.8 Å². The van der Waals surface area contributed by atoms with Crippen molar-refractivity contribution >= 4 is 23.9 Å². The summed E-state index contributed by atoms with van der Waals surface area (Å²) in [5.41, 5.74) is 6.14. The van der Waals surface area contributed by atoms with Crippen LogP contribution in [-0.4, -0.2) is 106 Å². The first-order valence-electron chi connectivity index (χ1n) is 26.0. The van der Waals surface area contributed by atoms with Gasteiger partial charge in [-0.2, -0.15) is 0 Å². The Morgan fingerprint density at radius 1 is 0.636 bits per heavy atom. The van der Waals surface area contributed by atoms with Crippen molar-refractivity contribution in [2.24, 2.45) is 0 Å². The lowest BCUT2D eigenvalue weighted by Gasteiger charge is -2.53. The number of esters is 1. The van der Waals surface area contributed by atoms with E-state index >= 15 is 0 Å². The largest absolute Gasteiger partial charge is 0.468 e. The molecule has 0 saturated carbocycles. The number of fused-ring (bicyclic) bond motifs is 3. The van der Waals surface area contributed by atoms with Crippen molar-refractivity contribution < 1.29 is 57.1 Å². The first kappa shape index (κ1) is 55.7. The van der Waals surface area contributed by atoms with E-state index in [2.05, 4.69) is 27.5 Å². The molecule has 5 atom stereocenters. The molecule has 0 aromatic heterocycles. The van der Waals surface area contributed by atoms with Gasteiger partial charge in [-0.3, -0.25) is 19.3 Å². The second-order valence-electron chi connectivity index (χ2n) is 18.8. The summed E-state index contributed by atoms with van der Waals surface area (Å²) in [7, 11) is 1.23. The number of methoxy groups -OCH3 is 1. The minimum atomic E-state index is -1.78. The van der Waals surface area contributed by atoms with Crippen LogP contribution in [0.1, 0.15) is 59.1 Å². The molecule has 8 rings (SSSR count). The summed E-state index contributed by atoms with van der Waals surface area (Å²) < 4.78 is 51.3. The standard InChI is InChI=1S/C62H67N3O12/c1-45(66)64-62(76-42-49-29-15-8-16-30-49)59(74-41-48-27-13-7-14-28-48)58(73-40-47-25-11-6-12-26-47)55(44-71-39-46-23-9-5-10-24-46)77-60(62)72-36-22-4-3-21-35-65(38-56(67)63-37-57(68)70-2)61(69)75-43-54-52-33-19-17-31-50(52)51-32-18-20-34-53(51)54/h4-20,22-34,54-55,58-60H,3,21,35-44H2,1-2H3,(H,63,67)(H,64,66)/b22-4-/t55-,58-,59+,60-,62+/m1/s1. The topological polar surface area (TPSA) is 169 Å². The maximum absolute atomic E-state index is 13.8. The van der Waals surface area contributed by atoms with Gasteiger partial charge in [0.05, 0.1) is 46.8 Å². The van der Waals surface area contributed by atoms with Crippen LogP contribution in [0.5, 0.6) is 0 Å². The van der Waals surface area contributed by atoms with Gasteiger partial charge in [0, 0.05) is 19.4 Å². The highest BCUT2D eigenvalue weighted by Crippen LogP contribution is 2.45. The molecule has 1 fully saturated rings. The fourth-order valence-electron chi connectivity index (χ4n) is 9.50. The van der Waals surface area contributed by atoms with E-state index in [1.807, 2.05) is 170 Å². The molecular weight excluding hydrogens is 979 g/mol. The highest BCUT2D eigenvalue weighted by atomic mass is 16.7. The lowest BCUT2D eigenvalue weighted by molar-refractivity contribution is -0.372. The smallest absolute Gasteiger partial charge is 0.410 e. The minimum absolute atomic E-state index is 0.00522. The maximum atomic E-state index is 13.8. The molecule has 0 bridgehead atoms. The normalized spacial score (nSPS) is 18.7. The van der Waals surface area contributed by atoms with E-state index in [1.54, 1.807) is 0 Å². The Morgan fingerprint density at radius 2 is 1.18 bits per heavy atom. The first-order chi connectivity index (χ1) is 37.7. The summed E-state index contributed by atoms with van der Waals surface area (Å²) in [6.07, 6.45) is 0.0243. The third-order valence-electron chi connectivity index (χ3n) is 13.3. The average Bonchev–Trinajstić information content (AvgIpc) is 3.79. The van der Waals surface area contributed by atoms with E-state index in [9.17, 15) is 19.2 Å². The molecule has 3 amide bonds. The number of ether oxygens (including phenoxy) is 8. The zero-order valence-corrected chi connectivity index (χ0v) is 43.5. The van der Waals surface area contributed by atoms with Gasteiger partial charge in [0.15, 0.2) is 0 Å². The number of allylic oxidation sites excluding steroid dienone is 1. The second kappa shape index (κ2) is 28.6. The van der Waals surface area contributed by atoms with Crippen molar-refractivity contribution in [1.29, 1.82) is 0 Å². The molecule has 2 aliphatic rings. The van der Waals surface area contributed by atoms with Crippen LogP contribution in [0.3, 0.4) is 0 Å². The molecule has 0 radical (unpaired) electrons. The third-order valence-corrected chi connectivity index (χ3v) is 13.3. The van der Waals surface area contributed by atoms with Crippen LogP contribution in [0.15, 0.2) is 182 Å². The van der Waals surface area contributed by atoms with Crippen LogP contribution in [0, 0.1) is 0 Å². The predicted octanol–water partition coefficient (Wildman–Crippen LogP) is 9.04. The van der Waals surface area contributed by atoms with Gasteiger partial charge in [-0.1, -0.05) is 182 Å². The van der Waals surface area contributed by atoms with Gasteiger partial charge in [-0.25, -0.2) is 4.79 Å². The Labute approximate surface area is 450 Å². The Morgan fingerprint density at radius 3 is 1.77 bits per heavy atom. The summed E-state index contributed by atoms with van der Waals surface area (Å²) in [5, 5.41) is 5.62. The predicted molar refractivity (Wildman–Crippen MR) is 289 cm³/mol. The van der Waals surface area contributed by atoms with Crippen LogP contribution in [0.25, 0.3) is 11.1 Å². The van der Waals surface area contributed by atoms with Gasteiger partial charge >= 0.3 is 12.1 Å². The molecule has 6 aromatic carbocycles. The Hall–Kier alpha value is -7.50. The first-order valence-corrected chi connectivity index (χ1v) is 26.0.